The summed E-state index contributed by atoms with van der Waals surface area (Å²) in [5.41, 5.74) is 1.23. The van der Waals surface area contributed by atoms with E-state index in [1.807, 2.05) is 36.4 Å². The molecule has 1 N–H and O–H groups in total. The fraction of sp³-hybridized carbons (Fsp3) is 0.0870. The number of thiophene rings is 1. The van der Waals surface area contributed by atoms with Crippen LogP contribution in [-0.4, -0.2) is 28.5 Å². The SMILES string of the molecule is COc1ccc(S(=O)(=O)N(C)c2ccc3sc(C(=O)Nc4ccccc4)cc3c2)cc1. The van der Waals surface area contributed by atoms with E-state index in [1.165, 1.54) is 41.9 Å². The van der Waals surface area contributed by atoms with Crippen LogP contribution < -0.4 is 14.4 Å². The lowest BCUT2D eigenvalue weighted by Gasteiger charge is -2.19. The third-order valence-electron chi connectivity index (χ3n) is 4.84. The van der Waals surface area contributed by atoms with Crippen LogP contribution in [0.4, 0.5) is 11.4 Å². The van der Waals surface area contributed by atoms with E-state index in [4.69, 9.17) is 4.74 Å². The summed E-state index contributed by atoms with van der Waals surface area (Å²) in [4.78, 5) is 13.3. The highest BCUT2D eigenvalue weighted by atomic mass is 32.2. The Morgan fingerprint density at radius 2 is 1.68 bits per heavy atom. The Balaban J connectivity index is 1.60. The number of rotatable bonds is 6. The third kappa shape index (κ3) is 4.26. The summed E-state index contributed by atoms with van der Waals surface area (Å²) >= 11 is 1.36. The van der Waals surface area contributed by atoms with Crippen LogP contribution in [0.15, 0.2) is 83.8 Å². The Labute approximate surface area is 184 Å². The standard InChI is InChI=1S/C23H20N2O4S2/c1-25(31(27,28)20-11-9-19(29-2)10-12-20)18-8-13-21-16(14-18)15-22(30-21)23(26)24-17-6-4-3-5-7-17/h3-15H,1-2H3,(H,24,26). The second kappa shape index (κ2) is 8.41. The highest BCUT2D eigenvalue weighted by molar-refractivity contribution is 7.92. The van der Waals surface area contributed by atoms with Gasteiger partial charge < -0.3 is 10.1 Å². The molecule has 0 aliphatic carbocycles. The molecule has 0 aliphatic heterocycles. The van der Waals surface area contributed by atoms with Crippen molar-refractivity contribution < 1.29 is 17.9 Å². The molecule has 8 heteroatoms. The van der Waals surface area contributed by atoms with Gasteiger partial charge in [0.05, 0.1) is 22.6 Å². The average molecular weight is 453 g/mol. The van der Waals surface area contributed by atoms with Gasteiger partial charge in [0.25, 0.3) is 15.9 Å². The Morgan fingerprint density at radius 1 is 0.968 bits per heavy atom. The maximum absolute atomic E-state index is 13.0. The number of nitrogens with zero attached hydrogens (tertiary/aromatic N) is 1. The van der Waals surface area contributed by atoms with Gasteiger partial charge in [-0.05, 0) is 66.0 Å². The zero-order chi connectivity index (χ0) is 22.0. The molecule has 1 heterocycles. The van der Waals surface area contributed by atoms with Gasteiger partial charge in [0.1, 0.15) is 5.75 Å². The Kier molecular flexibility index (Phi) is 5.67. The summed E-state index contributed by atoms with van der Waals surface area (Å²) in [5.74, 6) is 0.385. The predicted molar refractivity (Wildman–Crippen MR) is 125 cm³/mol. The number of fused-ring (bicyclic) bond motifs is 1. The van der Waals surface area contributed by atoms with Gasteiger partial charge >= 0.3 is 0 Å². The molecule has 158 valence electrons. The smallest absolute Gasteiger partial charge is 0.265 e. The Hall–Kier alpha value is -3.36. The number of sulfonamides is 1. The number of methoxy groups -OCH3 is 1. The lowest BCUT2D eigenvalue weighted by molar-refractivity contribution is 0.103. The zero-order valence-electron chi connectivity index (χ0n) is 16.9. The van der Waals surface area contributed by atoms with Crippen molar-refractivity contribution in [2.45, 2.75) is 4.90 Å². The minimum atomic E-state index is -3.73. The van der Waals surface area contributed by atoms with Gasteiger partial charge in [-0.25, -0.2) is 8.42 Å². The van der Waals surface area contributed by atoms with Crippen LogP contribution in [0, 0.1) is 0 Å². The number of benzene rings is 3. The number of hydrogen-bond donors (Lipinski definition) is 1. The highest BCUT2D eigenvalue weighted by Crippen LogP contribution is 2.31. The number of ether oxygens (including phenoxy) is 1. The van der Waals surface area contributed by atoms with Crippen LogP contribution in [0.3, 0.4) is 0 Å². The number of amides is 1. The van der Waals surface area contributed by atoms with E-state index in [9.17, 15) is 13.2 Å². The van der Waals surface area contributed by atoms with E-state index >= 15 is 0 Å². The minimum Gasteiger partial charge on any atom is -0.497 e. The first kappa shape index (κ1) is 20.9. The lowest BCUT2D eigenvalue weighted by atomic mass is 10.2. The second-order valence-corrected chi connectivity index (χ2v) is 9.85. The molecule has 1 amide bonds. The van der Waals surface area contributed by atoms with Gasteiger partial charge in [0.15, 0.2) is 0 Å². The van der Waals surface area contributed by atoms with E-state index in [0.29, 0.717) is 16.3 Å². The number of para-hydroxylation sites is 1. The fourth-order valence-electron chi connectivity index (χ4n) is 3.10. The summed E-state index contributed by atoms with van der Waals surface area (Å²) in [6.45, 7) is 0. The van der Waals surface area contributed by atoms with Crippen LogP contribution in [0.1, 0.15) is 9.67 Å². The minimum absolute atomic E-state index is 0.171. The van der Waals surface area contributed by atoms with E-state index in [-0.39, 0.29) is 10.8 Å². The molecule has 4 aromatic rings. The lowest BCUT2D eigenvalue weighted by Crippen LogP contribution is -2.26. The molecule has 0 fully saturated rings. The molecule has 0 atom stereocenters. The van der Waals surface area contributed by atoms with E-state index in [1.54, 1.807) is 30.3 Å². The summed E-state index contributed by atoms with van der Waals surface area (Å²) in [7, 11) is -0.696. The predicted octanol–water partition coefficient (Wildman–Crippen LogP) is 4.99. The number of carbonyl (C=O) groups is 1. The molecule has 6 nitrogen and oxygen atoms in total. The molecule has 0 radical (unpaired) electrons. The molecule has 4 rings (SSSR count). The molecule has 3 aromatic carbocycles. The monoisotopic (exact) mass is 452 g/mol. The Bertz CT molecular complexity index is 1330. The average Bonchev–Trinajstić information content (AvgIpc) is 3.23. The van der Waals surface area contributed by atoms with Crippen molar-refractivity contribution in [1.82, 2.24) is 0 Å². The topological polar surface area (TPSA) is 75.7 Å². The number of nitrogens with one attached hydrogen (secondary N) is 1. The van der Waals surface area contributed by atoms with Gasteiger partial charge in [-0.1, -0.05) is 18.2 Å². The first-order valence-electron chi connectivity index (χ1n) is 9.41. The summed E-state index contributed by atoms with van der Waals surface area (Å²) < 4.78 is 33.2. The third-order valence-corrected chi connectivity index (χ3v) is 7.75. The van der Waals surface area contributed by atoms with Gasteiger partial charge in [0, 0.05) is 17.4 Å². The van der Waals surface area contributed by atoms with Gasteiger partial charge in [-0.2, -0.15) is 0 Å². The zero-order valence-corrected chi connectivity index (χ0v) is 18.5. The van der Waals surface area contributed by atoms with Crippen molar-refractivity contribution in [3.63, 3.8) is 0 Å². The summed E-state index contributed by atoms with van der Waals surface area (Å²) in [6.07, 6.45) is 0. The van der Waals surface area contributed by atoms with E-state index in [0.717, 1.165) is 15.8 Å². The number of carbonyl (C=O) groups excluding carboxylic acids is 1. The molecule has 1 aromatic heterocycles. The molecular formula is C23H20N2O4S2. The summed E-state index contributed by atoms with van der Waals surface area (Å²) in [6, 6.07) is 22.6. The van der Waals surface area contributed by atoms with Crippen LogP contribution in [0.5, 0.6) is 5.75 Å². The first-order chi connectivity index (χ1) is 14.9. The number of hydrogen-bond acceptors (Lipinski definition) is 5. The highest BCUT2D eigenvalue weighted by Gasteiger charge is 2.22. The first-order valence-corrected chi connectivity index (χ1v) is 11.7. The Morgan fingerprint density at radius 3 is 2.35 bits per heavy atom. The molecule has 0 saturated carbocycles. The van der Waals surface area contributed by atoms with Crippen LogP contribution >= 0.6 is 11.3 Å². The van der Waals surface area contributed by atoms with Crippen molar-refractivity contribution in [3.8, 4) is 5.75 Å². The molecule has 0 aliphatic rings. The second-order valence-electron chi connectivity index (χ2n) is 6.80. The largest absolute Gasteiger partial charge is 0.497 e. The molecule has 0 bridgehead atoms. The molecule has 31 heavy (non-hydrogen) atoms. The van der Waals surface area contributed by atoms with Crippen molar-refractivity contribution in [2.24, 2.45) is 0 Å². The van der Waals surface area contributed by atoms with Crippen LogP contribution in [0.2, 0.25) is 0 Å². The number of anilines is 2. The van der Waals surface area contributed by atoms with Crippen molar-refractivity contribution >= 4 is 48.7 Å². The summed E-state index contributed by atoms with van der Waals surface area (Å²) in [5, 5.41) is 3.67. The quantitative estimate of drug-likeness (QED) is 0.447. The normalized spacial score (nSPS) is 11.3. The van der Waals surface area contributed by atoms with Gasteiger partial charge in [-0.3, -0.25) is 9.10 Å². The van der Waals surface area contributed by atoms with Crippen molar-refractivity contribution in [3.05, 3.63) is 83.7 Å². The van der Waals surface area contributed by atoms with Crippen LogP contribution in [-0.2, 0) is 10.0 Å². The van der Waals surface area contributed by atoms with E-state index in [2.05, 4.69) is 5.32 Å². The van der Waals surface area contributed by atoms with E-state index < -0.39 is 10.0 Å². The van der Waals surface area contributed by atoms with Gasteiger partial charge in [-0.15, -0.1) is 11.3 Å². The maximum Gasteiger partial charge on any atom is 0.265 e. The van der Waals surface area contributed by atoms with Crippen molar-refractivity contribution in [2.75, 3.05) is 23.8 Å². The molecule has 0 saturated heterocycles. The van der Waals surface area contributed by atoms with Crippen molar-refractivity contribution in [1.29, 1.82) is 0 Å². The van der Waals surface area contributed by atoms with Gasteiger partial charge in [0.2, 0.25) is 0 Å². The molecule has 0 unspecified atom stereocenters. The maximum atomic E-state index is 13.0. The fourth-order valence-corrected chi connectivity index (χ4v) is 5.22. The molecule has 0 spiro atoms. The molecular weight excluding hydrogens is 432 g/mol. The van der Waals surface area contributed by atoms with Crippen LogP contribution in [0.25, 0.3) is 10.1 Å².